The number of ether oxygens (including phenoxy) is 2. The quantitative estimate of drug-likeness (QED) is 0.0757. The molecule has 0 saturated carbocycles. The Balaban J connectivity index is 1.60. The Kier molecular flexibility index (Phi) is 8.87. The number of amides is 2. The summed E-state index contributed by atoms with van der Waals surface area (Å²) in [4.78, 5) is 38.7. The molecule has 13 heteroatoms. The third kappa shape index (κ3) is 5.32. The lowest BCUT2D eigenvalue weighted by Crippen LogP contribution is -2.31. The number of benzene rings is 2. The number of carbonyl (C=O) groups is 3. The molecule has 0 N–H and O–H groups in total. The molecule has 0 unspecified atom stereocenters. The number of rotatable bonds is 5. The van der Waals surface area contributed by atoms with Crippen LogP contribution in [0.3, 0.4) is 0 Å². The molecule has 1 aliphatic rings. The molecular weight excluding hydrogens is 870 g/mol. The summed E-state index contributed by atoms with van der Waals surface area (Å²) in [7, 11) is 0. The molecule has 0 aromatic heterocycles. The van der Waals surface area contributed by atoms with Crippen LogP contribution in [0.5, 0.6) is 5.75 Å². The van der Waals surface area contributed by atoms with Crippen LogP contribution in [0.1, 0.15) is 27.1 Å². The molecule has 0 spiro atoms. The lowest BCUT2D eigenvalue weighted by molar-refractivity contribution is 0.0631. The monoisotopic (exact) mass is 870 g/mol. The minimum absolute atomic E-state index is 0.0340. The van der Waals surface area contributed by atoms with Gasteiger partial charge in [0.2, 0.25) is 0 Å². The molecule has 0 radical (unpaired) electrons. The Hall–Kier alpha value is 0.210. The van der Waals surface area contributed by atoms with Gasteiger partial charge in [-0.25, -0.2) is 4.79 Å². The van der Waals surface area contributed by atoms with E-state index in [1.54, 1.807) is 12.1 Å². The Morgan fingerprint density at radius 2 is 1.29 bits per heavy atom. The number of imide groups is 1. The van der Waals surface area contributed by atoms with Gasteiger partial charge >= 0.3 is 6.16 Å². The predicted octanol–water partition coefficient (Wildman–Crippen LogP) is 8.23. The van der Waals surface area contributed by atoms with E-state index >= 15 is 0 Å². The van der Waals surface area contributed by atoms with Crippen LogP contribution in [-0.4, -0.2) is 36.0 Å². The van der Waals surface area contributed by atoms with Gasteiger partial charge in [-0.15, -0.1) is 0 Å². The van der Waals surface area contributed by atoms with Crippen molar-refractivity contribution >= 4 is 129 Å². The van der Waals surface area contributed by atoms with Gasteiger partial charge in [-0.2, -0.15) is 0 Å². The second-order valence-corrected chi connectivity index (χ2v) is 11.8. The molecule has 6 nitrogen and oxygen atoms in total. The maximum Gasteiger partial charge on any atom is 0.513 e. The van der Waals surface area contributed by atoms with Gasteiger partial charge in [0, 0.05) is 28.9 Å². The third-order valence-corrected chi connectivity index (χ3v) is 10.5. The van der Waals surface area contributed by atoms with E-state index in [2.05, 4.69) is 112 Å². The first-order valence-electron chi connectivity index (χ1n) is 8.25. The SMILES string of the molecule is O=C(OCCCN1C(=O)c2c(Br)c(Br)c(Br)c(Br)c2C1=O)Oc1c(Br)cc(Br)cc1Br. The van der Waals surface area contributed by atoms with E-state index in [4.69, 9.17) is 9.47 Å². The highest BCUT2D eigenvalue weighted by Crippen LogP contribution is 2.45. The van der Waals surface area contributed by atoms with Gasteiger partial charge in [0.15, 0.2) is 5.75 Å². The molecule has 31 heavy (non-hydrogen) atoms. The van der Waals surface area contributed by atoms with Crippen LogP contribution in [0.25, 0.3) is 0 Å². The number of hydrogen-bond acceptors (Lipinski definition) is 5. The van der Waals surface area contributed by atoms with Crippen LogP contribution in [0.15, 0.2) is 43.4 Å². The van der Waals surface area contributed by atoms with Crippen molar-refractivity contribution in [3.63, 3.8) is 0 Å². The largest absolute Gasteiger partial charge is 0.513 e. The van der Waals surface area contributed by atoms with E-state index in [-0.39, 0.29) is 36.4 Å². The van der Waals surface area contributed by atoms with E-state index < -0.39 is 18.0 Å². The highest BCUT2D eigenvalue weighted by molar-refractivity contribution is 9.15. The summed E-state index contributed by atoms with van der Waals surface area (Å²) in [6.45, 7) is 0.0488. The zero-order valence-corrected chi connectivity index (χ0v) is 26.0. The molecule has 2 amide bonds. The smallest absolute Gasteiger partial charge is 0.434 e. The molecule has 1 heterocycles. The minimum Gasteiger partial charge on any atom is -0.434 e. The highest BCUT2D eigenvalue weighted by atomic mass is 79.9. The first-order valence-corrected chi connectivity index (χ1v) is 13.8. The Labute approximate surface area is 235 Å². The summed E-state index contributed by atoms with van der Waals surface area (Å²) >= 11 is 23.5. The van der Waals surface area contributed by atoms with Gasteiger partial charge in [-0.3, -0.25) is 14.5 Å². The number of halogens is 7. The fourth-order valence-corrected chi connectivity index (χ4v) is 7.59. The summed E-state index contributed by atoms with van der Waals surface area (Å²) in [6, 6.07) is 3.45. The number of nitrogens with zero attached hydrogens (tertiary/aromatic N) is 1. The molecule has 0 bridgehead atoms. The second-order valence-electron chi connectivity index (χ2n) is 6.02. The van der Waals surface area contributed by atoms with Gasteiger partial charge in [-0.1, -0.05) is 15.9 Å². The van der Waals surface area contributed by atoms with Crippen LogP contribution < -0.4 is 4.74 Å². The van der Waals surface area contributed by atoms with Crippen molar-refractivity contribution in [2.45, 2.75) is 6.42 Å². The van der Waals surface area contributed by atoms with Crippen LogP contribution in [-0.2, 0) is 4.74 Å². The average molecular weight is 878 g/mol. The standard InChI is InChI=1S/C18H8Br7NO5/c19-6-4-7(20)15(8(21)5-6)31-18(29)30-3-1-2-26-16(27)9-10(17(26)28)12(23)14(25)13(24)11(9)22/h4-5H,1-3H2. The maximum atomic E-state index is 12.8. The first kappa shape index (κ1) is 25.8. The van der Waals surface area contributed by atoms with Crippen LogP contribution in [0, 0.1) is 0 Å². The molecular formula is C18H8Br7NO5. The van der Waals surface area contributed by atoms with E-state index in [1.165, 1.54) is 0 Å². The fraction of sp³-hybridized carbons (Fsp3) is 0.167. The van der Waals surface area contributed by atoms with E-state index in [0.717, 1.165) is 9.37 Å². The topological polar surface area (TPSA) is 72.9 Å². The Morgan fingerprint density at radius 1 is 0.806 bits per heavy atom. The molecule has 0 saturated heterocycles. The van der Waals surface area contributed by atoms with Crippen molar-refractivity contribution < 1.29 is 23.9 Å². The van der Waals surface area contributed by atoms with Crippen LogP contribution in [0.4, 0.5) is 4.79 Å². The van der Waals surface area contributed by atoms with E-state index in [1.807, 2.05) is 0 Å². The van der Waals surface area contributed by atoms with Crippen LogP contribution >= 0.6 is 112 Å². The normalized spacial score (nSPS) is 12.9. The van der Waals surface area contributed by atoms with Crippen molar-refractivity contribution in [3.8, 4) is 5.75 Å². The van der Waals surface area contributed by atoms with E-state index in [9.17, 15) is 14.4 Å². The predicted molar refractivity (Wildman–Crippen MR) is 139 cm³/mol. The molecule has 0 atom stereocenters. The summed E-state index contributed by atoms with van der Waals surface area (Å²) < 4.78 is 14.4. The molecule has 0 fully saturated rings. The minimum atomic E-state index is -0.899. The molecule has 1 aliphatic heterocycles. The third-order valence-electron chi connectivity index (χ3n) is 4.08. The highest BCUT2D eigenvalue weighted by Gasteiger charge is 2.40. The molecule has 3 rings (SSSR count). The first-order chi connectivity index (χ1) is 14.5. The summed E-state index contributed by atoms with van der Waals surface area (Å²) in [5, 5.41) is 0. The summed E-state index contributed by atoms with van der Waals surface area (Å²) in [5.74, 6) is -0.573. The number of hydrogen-bond donors (Lipinski definition) is 0. The molecule has 2 aromatic carbocycles. The number of fused-ring (bicyclic) bond motifs is 1. The zero-order valence-electron chi connectivity index (χ0n) is 14.9. The van der Waals surface area contributed by atoms with Crippen molar-refractivity contribution in [2.75, 3.05) is 13.2 Å². The van der Waals surface area contributed by atoms with Gasteiger partial charge < -0.3 is 9.47 Å². The maximum absolute atomic E-state index is 12.8. The summed E-state index contributed by atoms with van der Waals surface area (Å²) in [6.07, 6.45) is -0.648. The molecule has 0 aliphatic carbocycles. The zero-order chi connectivity index (χ0) is 23.0. The van der Waals surface area contributed by atoms with Gasteiger partial charge in [0.05, 0.1) is 26.7 Å². The van der Waals surface area contributed by atoms with Gasteiger partial charge in [0.25, 0.3) is 11.8 Å². The fourth-order valence-electron chi connectivity index (χ4n) is 2.72. The van der Waals surface area contributed by atoms with Crippen molar-refractivity contribution in [3.05, 3.63) is 54.6 Å². The molecule has 164 valence electrons. The lowest BCUT2D eigenvalue weighted by atomic mass is 10.1. The van der Waals surface area contributed by atoms with Crippen molar-refractivity contribution in [1.29, 1.82) is 0 Å². The number of carbonyl (C=O) groups excluding carboxylic acids is 3. The van der Waals surface area contributed by atoms with Crippen molar-refractivity contribution in [2.24, 2.45) is 0 Å². The molecule has 2 aromatic rings. The van der Waals surface area contributed by atoms with Gasteiger partial charge in [-0.05, 0) is 114 Å². The van der Waals surface area contributed by atoms with Gasteiger partial charge in [0.1, 0.15) is 0 Å². The Morgan fingerprint density at radius 3 is 1.77 bits per heavy atom. The Bertz CT molecular complexity index is 1050. The second kappa shape index (κ2) is 10.6. The van der Waals surface area contributed by atoms with Crippen molar-refractivity contribution in [1.82, 2.24) is 4.90 Å². The van der Waals surface area contributed by atoms with Crippen LogP contribution in [0.2, 0.25) is 0 Å². The lowest BCUT2D eigenvalue weighted by Gasteiger charge is -2.14. The average Bonchev–Trinajstić information content (AvgIpc) is 2.95. The van der Waals surface area contributed by atoms with E-state index in [0.29, 0.717) is 26.8 Å². The summed E-state index contributed by atoms with van der Waals surface area (Å²) in [5.41, 5.74) is 0.550.